The van der Waals surface area contributed by atoms with Crippen molar-refractivity contribution in [3.05, 3.63) is 0 Å². The van der Waals surface area contributed by atoms with Gasteiger partial charge in [-0.05, 0) is 40.5 Å². The minimum atomic E-state index is -0.312. The average Bonchev–Trinajstić information content (AvgIpc) is 2.17. The van der Waals surface area contributed by atoms with Crippen LogP contribution in [0.25, 0.3) is 0 Å². The van der Waals surface area contributed by atoms with Crippen LogP contribution in [0.2, 0.25) is 6.04 Å². The van der Waals surface area contributed by atoms with Crippen LogP contribution < -0.4 is 0 Å². The second-order valence-electron chi connectivity index (χ2n) is 5.25. The van der Waals surface area contributed by atoms with Crippen LogP contribution in [0.4, 0.5) is 0 Å². The Labute approximate surface area is 102 Å². The van der Waals surface area contributed by atoms with Gasteiger partial charge >= 0.3 is 0 Å². The van der Waals surface area contributed by atoms with Crippen molar-refractivity contribution in [1.82, 2.24) is 0 Å². The Hall–Kier alpha value is 0.0969. The van der Waals surface area contributed by atoms with Crippen molar-refractivity contribution in [3.8, 4) is 0 Å². The molecule has 0 amide bonds. The van der Waals surface area contributed by atoms with Crippen molar-refractivity contribution in [2.24, 2.45) is 0 Å². The van der Waals surface area contributed by atoms with Gasteiger partial charge in [0, 0.05) is 6.04 Å². The minimum absolute atomic E-state index is 0.137. The summed E-state index contributed by atoms with van der Waals surface area (Å²) >= 11 is 0. The highest BCUT2D eigenvalue weighted by molar-refractivity contribution is 6.25. The molecule has 0 saturated carbocycles. The van der Waals surface area contributed by atoms with E-state index in [4.69, 9.17) is 14.3 Å². The standard InChI is InChI=1S/C12H26O3Si/c1-7-11(3,4)14-10(9-16-13)15-12(5,6)8-2/h10,13H,7-9H2,1-6H3. The summed E-state index contributed by atoms with van der Waals surface area (Å²) in [4.78, 5) is 9.04. The van der Waals surface area contributed by atoms with Crippen LogP contribution in [0.5, 0.6) is 0 Å². The Morgan fingerprint density at radius 1 is 1.00 bits per heavy atom. The lowest BCUT2D eigenvalue weighted by Crippen LogP contribution is -2.38. The molecule has 0 aromatic rings. The number of hydrogen-bond donors (Lipinski definition) is 1. The van der Waals surface area contributed by atoms with E-state index in [-0.39, 0.29) is 27.3 Å². The fraction of sp³-hybridized carbons (Fsp3) is 1.00. The molecule has 16 heavy (non-hydrogen) atoms. The Kier molecular flexibility index (Phi) is 6.78. The largest absolute Gasteiger partial charge is 0.431 e. The first-order valence-corrected chi connectivity index (χ1v) is 7.14. The van der Waals surface area contributed by atoms with Crippen LogP contribution in [0.15, 0.2) is 0 Å². The molecular formula is C12H26O3Si. The van der Waals surface area contributed by atoms with Gasteiger partial charge in [-0.15, -0.1) is 0 Å². The SMILES string of the molecule is CCC(C)(C)OC(C[Si]O)OC(C)(C)CC. The molecule has 0 saturated heterocycles. The van der Waals surface area contributed by atoms with Crippen molar-refractivity contribution in [3.63, 3.8) is 0 Å². The van der Waals surface area contributed by atoms with E-state index in [1.807, 2.05) is 27.7 Å². The molecule has 0 heterocycles. The molecule has 0 fully saturated rings. The second-order valence-corrected chi connectivity index (χ2v) is 5.98. The first-order valence-electron chi connectivity index (χ1n) is 5.99. The lowest BCUT2D eigenvalue weighted by atomic mass is 10.1. The van der Waals surface area contributed by atoms with E-state index in [1.165, 1.54) is 0 Å². The molecular weight excluding hydrogens is 220 g/mol. The molecule has 0 bridgehead atoms. The third-order valence-electron chi connectivity index (χ3n) is 2.86. The molecule has 2 radical (unpaired) electrons. The van der Waals surface area contributed by atoms with E-state index in [0.29, 0.717) is 6.04 Å². The molecule has 0 unspecified atom stereocenters. The third kappa shape index (κ3) is 6.63. The first kappa shape index (κ1) is 16.1. The molecule has 0 spiro atoms. The fourth-order valence-electron chi connectivity index (χ4n) is 1.06. The zero-order valence-electron chi connectivity index (χ0n) is 11.5. The van der Waals surface area contributed by atoms with E-state index in [0.717, 1.165) is 12.8 Å². The third-order valence-corrected chi connectivity index (χ3v) is 3.38. The van der Waals surface area contributed by atoms with Gasteiger partial charge in [-0.25, -0.2) is 0 Å². The van der Waals surface area contributed by atoms with Crippen molar-refractivity contribution < 1.29 is 14.3 Å². The van der Waals surface area contributed by atoms with Crippen LogP contribution in [0.1, 0.15) is 54.4 Å². The molecule has 0 aromatic heterocycles. The molecule has 1 N–H and O–H groups in total. The monoisotopic (exact) mass is 246 g/mol. The average molecular weight is 246 g/mol. The smallest absolute Gasteiger partial charge is 0.229 e. The van der Waals surface area contributed by atoms with Gasteiger partial charge in [-0.2, -0.15) is 0 Å². The molecule has 96 valence electrons. The molecule has 0 aromatic carbocycles. The van der Waals surface area contributed by atoms with Crippen LogP contribution in [-0.4, -0.2) is 32.1 Å². The van der Waals surface area contributed by atoms with Crippen LogP contribution in [-0.2, 0) is 9.47 Å². The van der Waals surface area contributed by atoms with Crippen LogP contribution in [0.3, 0.4) is 0 Å². The number of hydrogen-bond acceptors (Lipinski definition) is 3. The second kappa shape index (κ2) is 6.74. The molecule has 4 heteroatoms. The van der Waals surface area contributed by atoms with Crippen molar-refractivity contribution in [2.45, 2.75) is 77.9 Å². The minimum Gasteiger partial charge on any atom is -0.431 e. The zero-order chi connectivity index (χ0) is 12.8. The molecule has 3 nitrogen and oxygen atoms in total. The quantitative estimate of drug-likeness (QED) is 0.529. The molecule has 0 aliphatic carbocycles. The van der Waals surface area contributed by atoms with Gasteiger partial charge in [0.05, 0.1) is 11.2 Å². The van der Waals surface area contributed by atoms with Crippen molar-refractivity contribution in [2.75, 3.05) is 0 Å². The summed E-state index contributed by atoms with van der Waals surface area (Å²) in [7, 11) is -0.137. The Balaban J connectivity index is 4.38. The van der Waals surface area contributed by atoms with Gasteiger partial charge in [-0.1, -0.05) is 13.8 Å². The topological polar surface area (TPSA) is 38.7 Å². The predicted molar refractivity (Wildman–Crippen MR) is 67.5 cm³/mol. The maximum absolute atomic E-state index is 9.04. The molecule has 0 rings (SSSR count). The summed E-state index contributed by atoms with van der Waals surface area (Å²) in [6.07, 6.45) is 1.54. The fourth-order valence-corrected chi connectivity index (χ4v) is 1.38. The predicted octanol–water partition coefficient (Wildman–Crippen LogP) is 2.75. The van der Waals surface area contributed by atoms with Gasteiger partial charge in [0.2, 0.25) is 9.76 Å². The van der Waals surface area contributed by atoms with E-state index < -0.39 is 0 Å². The molecule has 0 aliphatic heterocycles. The van der Waals surface area contributed by atoms with E-state index in [1.54, 1.807) is 0 Å². The summed E-state index contributed by atoms with van der Waals surface area (Å²) in [5, 5.41) is 0. The van der Waals surface area contributed by atoms with Crippen molar-refractivity contribution >= 4 is 9.76 Å². The number of rotatable bonds is 8. The summed E-state index contributed by atoms with van der Waals surface area (Å²) in [6.45, 7) is 12.4. The summed E-state index contributed by atoms with van der Waals surface area (Å²) < 4.78 is 11.8. The van der Waals surface area contributed by atoms with E-state index >= 15 is 0 Å². The van der Waals surface area contributed by atoms with E-state index in [9.17, 15) is 0 Å². The summed E-state index contributed by atoms with van der Waals surface area (Å²) in [5.41, 5.74) is -0.401. The molecule has 0 atom stereocenters. The van der Waals surface area contributed by atoms with Crippen LogP contribution >= 0.6 is 0 Å². The maximum Gasteiger partial charge on any atom is 0.229 e. The van der Waals surface area contributed by atoms with Crippen molar-refractivity contribution in [1.29, 1.82) is 0 Å². The Morgan fingerprint density at radius 2 is 1.38 bits per heavy atom. The van der Waals surface area contributed by atoms with E-state index in [2.05, 4.69) is 13.8 Å². The maximum atomic E-state index is 9.04. The normalized spacial score (nSPS) is 13.5. The number of ether oxygens (including phenoxy) is 2. The van der Waals surface area contributed by atoms with Gasteiger partial charge in [0.25, 0.3) is 0 Å². The molecule has 0 aliphatic rings. The Morgan fingerprint density at radius 3 is 1.62 bits per heavy atom. The van der Waals surface area contributed by atoms with Gasteiger partial charge in [0.1, 0.15) is 0 Å². The summed E-state index contributed by atoms with van der Waals surface area (Å²) in [5.74, 6) is 0. The lowest BCUT2D eigenvalue weighted by molar-refractivity contribution is -0.234. The highest BCUT2D eigenvalue weighted by Gasteiger charge is 2.27. The Bertz CT molecular complexity index is 175. The summed E-state index contributed by atoms with van der Waals surface area (Å²) in [6, 6.07) is 0.548. The highest BCUT2D eigenvalue weighted by Crippen LogP contribution is 2.24. The highest BCUT2D eigenvalue weighted by atomic mass is 28.2. The van der Waals surface area contributed by atoms with Gasteiger partial charge < -0.3 is 14.3 Å². The van der Waals surface area contributed by atoms with Crippen LogP contribution in [0, 0.1) is 0 Å². The lowest BCUT2D eigenvalue weighted by Gasteiger charge is -2.34. The first-order chi connectivity index (χ1) is 7.26. The van der Waals surface area contributed by atoms with Gasteiger partial charge in [-0.3, -0.25) is 0 Å². The zero-order valence-corrected chi connectivity index (χ0v) is 12.5. The van der Waals surface area contributed by atoms with Gasteiger partial charge in [0.15, 0.2) is 6.29 Å².